The molecule has 4 nitrogen and oxygen atoms in total. The Morgan fingerprint density at radius 1 is 1.32 bits per heavy atom. The van der Waals surface area contributed by atoms with Gasteiger partial charge in [-0.25, -0.2) is 4.98 Å². The van der Waals surface area contributed by atoms with Gasteiger partial charge in [0.2, 0.25) is 5.88 Å². The minimum Gasteiger partial charge on any atom is -0.481 e. The molecule has 0 aliphatic rings. The molecule has 0 unspecified atom stereocenters. The molecule has 19 heavy (non-hydrogen) atoms. The van der Waals surface area contributed by atoms with Crippen molar-refractivity contribution in [1.82, 2.24) is 9.88 Å². The van der Waals surface area contributed by atoms with Crippen molar-refractivity contribution in [3.8, 4) is 5.88 Å². The fourth-order valence-electron chi connectivity index (χ4n) is 2.66. The van der Waals surface area contributed by atoms with Crippen LogP contribution in [0, 0.1) is 0 Å². The summed E-state index contributed by atoms with van der Waals surface area (Å²) in [4.78, 5) is 6.70. The van der Waals surface area contributed by atoms with Gasteiger partial charge >= 0.3 is 0 Å². The second-order valence-corrected chi connectivity index (χ2v) is 4.82. The lowest BCUT2D eigenvalue weighted by Gasteiger charge is -2.42. The molecule has 1 aromatic rings. The van der Waals surface area contributed by atoms with Crippen LogP contribution in [0.4, 0.5) is 0 Å². The molecule has 1 aromatic heterocycles. The third-order valence-corrected chi connectivity index (χ3v) is 4.15. The van der Waals surface area contributed by atoms with Gasteiger partial charge in [0.1, 0.15) is 0 Å². The van der Waals surface area contributed by atoms with Gasteiger partial charge < -0.3 is 10.5 Å². The second-order valence-electron chi connectivity index (χ2n) is 4.82. The molecule has 0 saturated heterocycles. The average molecular weight is 265 g/mol. The Bertz CT molecular complexity index is 369. The van der Waals surface area contributed by atoms with Crippen molar-refractivity contribution in [1.29, 1.82) is 0 Å². The fraction of sp³-hybridized carbons (Fsp3) is 0.667. The van der Waals surface area contributed by atoms with E-state index < -0.39 is 0 Å². The minimum absolute atomic E-state index is 0.0651. The number of methoxy groups -OCH3 is 1. The summed E-state index contributed by atoms with van der Waals surface area (Å²) in [6.45, 7) is 9.07. The topological polar surface area (TPSA) is 51.4 Å². The zero-order valence-electron chi connectivity index (χ0n) is 12.6. The largest absolute Gasteiger partial charge is 0.481 e. The lowest BCUT2D eigenvalue weighted by molar-refractivity contribution is 0.0817. The number of hydrogen-bond donors (Lipinski definition) is 1. The summed E-state index contributed by atoms with van der Waals surface area (Å²) in [7, 11) is 1.66. The number of ether oxygens (including phenoxy) is 1. The first kappa shape index (κ1) is 15.9. The molecule has 0 atom stereocenters. The Morgan fingerprint density at radius 3 is 2.47 bits per heavy atom. The normalized spacial score (nSPS) is 11.9. The van der Waals surface area contributed by atoms with Crippen molar-refractivity contribution in [3.05, 3.63) is 23.9 Å². The highest BCUT2D eigenvalue weighted by Gasteiger charge is 2.31. The maximum Gasteiger partial charge on any atom is 0.217 e. The van der Waals surface area contributed by atoms with Gasteiger partial charge in [0.25, 0.3) is 0 Å². The quantitative estimate of drug-likeness (QED) is 0.784. The minimum atomic E-state index is 0.0651. The molecule has 0 aromatic carbocycles. The number of pyridine rings is 1. The molecular weight excluding hydrogens is 238 g/mol. The third kappa shape index (κ3) is 3.45. The predicted molar refractivity (Wildman–Crippen MR) is 79.2 cm³/mol. The van der Waals surface area contributed by atoms with Crippen LogP contribution in [0.25, 0.3) is 0 Å². The summed E-state index contributed by atoms with van der Waals surface area (Å²) in [5.74, 6) is 0.707. The summed E-state index contributed by atoms with van der Waals surface area (Å²) in [5.41, 5.74) is 7.22. The maximum atomic E-state index is 6.04. The summed E-state index contributed by atoms with van der Waals surface area (Å²) in [5, 5.41) is 0. The second kappa shape index (κ2) is 7.46. The molecule has 0 amide bonds. The summed E-state index contributed by atoms with van der Waals surface area (Å²) in [6.07, 6.45) is 3.86. The average Bonchev–Trinajstić information content (AvgIpc) is 2.48. The molecule has 0 aliphatic heterocycles. The Labute approximate surface area is 117 Å². The molecule has 4 heteroatoms. The SMILES string of the molecule is CCN(Cc1cccnc1OC)C(CC)(CC)CN. The number of rotatable bonds is 8. The fourth-order valence-corrected chi connectivity index (χ4v) is 2.66. The van der Waals surface area contributed by atoms with Gasteiger partial charge in [0.15, 0.2) is 0 Å². The van der Waals surface area contributed by atoms with Gasteiger partial charge in [-0.05, 0) is 25.5 Å². The van der Waals surface area contributed by atoms with E-state index in [1.807, 2.05) is 6.07 Å². The van der Waals surface area contributed by atoms with E-state index in [1.165, 1.54) is 0 Å². The van der Waals surface area contributed by atoms with Crippen molar-refractivity contribution < 1.29 is 4.74 Å². The summed E-state index contributed by atoms with van der Waals surface area (Å²) >= 11 is 0. The van der Waals surface area contributed by atoms with Crippen LogP contribution >= 0.6 is 0 Å². The van der Waals surface area contributed by atoms with E-state index in [0.29, 0.717) is 12.4 Å². The third-order valence-electron chi connectivity index (χ3n) is 4.15. The van der Waals surface area contributed by atoms with Crippen molar-refractivity contribution in [3.63, 3.8) is 0 Å². The van der Waals surface area contributed by atoms with Gasteiger partial charge in [-0.3, -0.25) is 4.90 Å². The Kier molecular flexibility index (Phi) is 6.25. The van der Waals surface area contributed by atoms with E-state index in [4.69, 9.17) is 10.5 Å². The first-order valence-electron chi connectivity index (χ1n) is 7.10. The van der Waals surface area contributed by atoms with Gasteiger partial charge in [-0.1, -0.05) is 26.8 Å². The van der Waals surface area contributed by atoms with Gasteiger partial charge in [-0.2, -0.15) is 0 Å². The highest BCUT2D eigenvalue weighted by Crippen LogP contribution is 2.26. The summed E-state index contributed by atoms with van der Waals surface area (Å²) < 4.78 is 5.34. The molecule has 0 radical (unpaired) electrons. The molecule has 0 aliphatic carbocycles. The van der Waals surface area contributed by atoms with E-state index in [9.17, 15) is 0 Å². The number of aromatic nitrogens is 1. The molecule has 0 spiro atoms. The first-order valence-corrected chi connectivity index (χ1v) is 7.10. The van der Waals surface area contributed by atoms with E-state index >= 15 is 0 Å². The molecule has 1 heterocycles. The predicted octanol–water partition coefficient (Wildman–Crippen LogP) is 2.43. The van der Waals surface area contributed by atoms with Crippen LogP contribution < -0.4 is 10.5 Å². The highest BCUT2D eigenvalue weighted by molar-refractivity contribution is 5.25. The molecule has 0 saturated carbocycles. The van der Waals surface area contributed by atoms with Gasteiger partial charge in [-0.15, -0.1) is 0 Å². The lowest BCUT2D eigenvalue weighted by Crippen LogP contribution is -2.52. The van der Waals surface area contributed by atoms with E-state index in [2.05, 4.69) is 36.7 Å². The van der Waals surface area contributed by atoms with Crippen LogP contribution in [-0.2, 0) is 6.54 Å². The van der Waals surface area contributed by atoms with Crippen molar-refractivity contribution in [2.24, 2.45) is 5.73 Å². The number of nitrogens with two attached hydrogens (primary N) is 1. The number of likely N-dealkylation sites (N-methyl/N-ethyl adjacent to an activating group) is 1. The van der Waals surface area contributed by atoms with Crippen molar-refractivity contribution >= 4 is 0 Å². The molecule has 108 valence electrons. The zero-order valence-corrected chi connectivity index (χ0v) is 12.6. The summed E-state index contributed by atoms with van der Waals surface area (Å²) in [6, 6.07) is 4.02. The van der Waals surface area contributed by atoms with Crippen LogP contribution in [0.2, 0.25) is 0 Å². The number of hydrogen-bond acceptors (Lipinski definition) is 4. The van der Waals surface area contributed by atoms with Crippen molar-refractivity contribution in [2.45, 2.75) is 45.7 Å². The monoisotopic (exact) mass is 265 g/mol. The maximum absolute atomic E-state index is 6.04. The molecule has 0 fully saturated rings. The zero-order chi connectivity index (χ0) is 14.3. The van der Waals surface area contributed by atoms with Crippen LogP contribution in [0.1, 0.15) is 39.2 Å². The molecule has 0 bridgehead atoms. The highest BCUT2D eigenvalue weighted by atomic mass is 16.5. The van der Waals surface area contributed by atoms with Crippen LogP contribution in [0.3, 0.4) is 0 Å². The van der Waals surface area contributed by atoms with Crippen LogP contribution in [0.15, 0.2) is 18.3 Å². The molecular formula is C15H27N3O. The Balaban J connectivity index is 2.98. The van der Waals surface area contributed by atoms with Crippen LogP contribution in [0.5, 0.6) is 5.88 Å². The smallest absolute Gasteiger partial charge is 0.217 e. The van der Waals surface area contributed by atoms with E-state index in [1.54, 1.807) is 13.3 Å². The first-order chi connectivity index (χ1) is 9.17. The van der Waals surface area contributed by atoms with Gasteiger partial charge in [0.05, 0.1) is 7.11 Å². The van der Waals surface area contributed by atoms with Crippen molar-refractivity contribution in [2.75, 3.05) is 20.2 Å². The van der Waals surface area contributed by atoms with Crippen LogP contribution in [-0.4, -0.2) is 35.6 Å². The standard InChI is InChI=1S/C15H27N3O/c1-5-15(6-2,12-16)18(7-3)11-13-9-8-10-17-14(13)19-4/h8-10H,5-7,11-12,16H2,1-4H3. The van der Waals surface area contributed by atoms with Gasteiger partial charge in [0, 0.05) is 30.4 Å². The lowest BCUT2D eigenvalue weighted by atomic mass is 9.90. The Morgan fingerprint density at radius 2 is 2.00 bits per heavy atom. The Hall–Kier alpha value is -1.13. The molecule has 1 rings (SSSR count). The molecule has 2 N–H and O–H groups in total. The van der Waals surface area contributed by atoms with E-state index in [0.717, 1.165) is 31.5 Å². The number of nitrogens with zero attached hydrogens (tertiary/aromatic N) is 2. The van der Waals surface area contributed by atoms with E-state index in [-0.39, 0.29) is 5.54 Å².